The van der Waals surface area contributed by atoms with Crippen LogP contribution in [0.25, 0.3) is 5.70 Å². The molecule has 0 spiro atoms. The second-order valence-electron chi connectivity index (χ2n) is 17.0. The van der Waals surface area contributed by atoms with Crippen molar-refractivity contribution in [3.8, 4) is 0 Å². The smallest absolute Gasteiger partial charge is 0.133 e. The van der Waals surface area contributed by atoms with Crippen LogP contribution in [0, 0.1) is 30.1 Å². The molecule has 0 aromatic carbocycles. The van der Waals surface area contributed by atoms with E-state index in [0.29, 0.717) is 23.2 Å². The van der Waals surface area contributed by atoms with Gasteiger partial charge < -0.3 is 9.80 Å². The first-order valence-corrected chi connectivity index (χ1v) is 20.2. The summed E-state index contributed by atoms with van der Waals surface area (Å²) < 4.78 is 0. The van der Waals surface area contributed by atoms with Crippen LogP contribution < -0.4 is 4.90 Å². The molecule has 50 heavy (non-hydrogen) atoms. The molecule has 4 heterocycles. The summed E-state index contributed by atoms with van der Waals surface area (Å²) in [6.07, 6.45) is 23.2. The summed E-state index contributed by atoms with van der Waals surface area (Å²) in [6, 6.07) is 9.01. The van der Waals surface area contributed by atoms with Crippen molar-refractivity contribution in [1.29, 1.82) is 0 Å². The zero-order valence-electron chi connectivity index (χ0n) is 32.2. The third-order valence-electron chi connectivity index (χ3n) is 12.3. The molecule has 2 aromatic heterocycles. The van der Waals surface area contributed by atoms with E-state index in [2.05, 4.69) is 81.3 Å². The maximum absolute atomic E-state index is 5.03. The van der Waals surface area contributed by atoms with Crippen molar-refractivity contribution < 1.29 is 0 Å². The molecule has 1 saturated heterocycles. The SMILES string of the molecule is C=C(C)N1CCCC(C)(C)C1.C=C(C1CCCCC1)N(CC1CCC(c2ccc(CC)c(C)n2)CC1)c1cc(C2=CCC(C3CC3)=N2)ccn1. The molecule has 3 saturated carbocycles. The highest BCUT2D eigenvalue weighted by Gasteiger charge is 2.31. The molecule has 7 rings (SSSR count). The van der Waals surface area contributed by atoms with Crippen molar-refractivity contribution in [2.24, 2.45) is 28.2 Å². The van der Waals surface area contributed by atoms with Gasteiger partial charge in [-0.05, 0) is 131 Å². The number of piperidine rings is 1. The van der Waals surface area contributed by atoms with Crippen LogP contribution in [0.1, 0.15) is 146 Å². The van der Waals surface area contributed by atoms with Crippen molar-refractivity contribution in [1.82, 2.24) is 14.9 Å². The van der Waals surface area contributed by atoms with Gasteiger partial charge in [0.15, 0.2) is 0 Å². The van der Waals surface area contributed by atoms with Crippen molar-refractivity contribution in [2.45, 2.75) is 137 Å². The van der Waals surface area contributed by atoms with Gasteiger partial charge in [-0.1, -0.05) is 65.3 Å². The predicted octanol–water partition coefficient (Wildman–Crippen LogP) is 11.5. The van der Waals surface area contributed by atoms with Crippen molar-refractivity contribution in [3.63, 3.8) is 0 Å². The van der Waals surface area contributed by atoms with Crippen molar-refractivity contribution in [2.75, 3.05) is 24.5 Å². The zero-order chi connectivity index (χ0) is 35.3. The van der Waals surface area contributed by atoms with Gasteiger partial charge in [-0.3, -0.25) is 9.98 Å². The summed E-state index contributed by atoms with van der Waals surface area (Å²) >= 11 is 0. The molecule has 2 aliphatic heterocycles. The molecule has 270 valence electrons. The molecule has 5 heteroatoms. The number of hydrogen-bond donors (Lipinski definition) is 0. The summed E-state index contributed by atoms with van der Waals surface area (Å²) in [7, 11) is 0. The number of aromatic nitrogens is 2. The lowest BCUT2D eigenvalue weighted by Gasteiger charge is -2.39. The Balaban J connectivity index is 0.000000336. The number of aliphatic imine (C=N–C) groups is 1. The Kier molecular flexibility index (Phi) is 12.0. The average Bonchev–Trinajstić information content (AvgIpc) is 3.86. The summed E-state index contributed by atoms with van der Waals surface area (Å²) in [4.78, 5) is 19.9. The van der Waals surface area contributed by atoms with Gasteiger partial charge in [-0.15, -0.1) is 0 Å². The maximum atomic E-state index is 5.03. The van der Waals surface area contributed by atoms with Crippen LogP contribution in [-0.2, 0) is 6.42 Å². The minimum atomic E-state index is 0.497. The largest absolute Gasteiger partial charge is 0.375 e. The molecular weight excluding hydrogens is 611 g/mol. The quantitative estimate of drug-likeness (QED) is 0.251. The van der Waals surface area contributed by atoms with E-state index < -0.39 is 0 Å². The molecule has 0 radical (unpaired) electrons. The Morgan fingerprint density at radius 3 is 2.32 bits per heavy atom. The third kappa shape index (κ3) is 9.36. The molecule has 0 bridgehead atoms. The Labute approximate surface area is 304 Å². The van der Waals surface area contributed by atoms with Gasteiger partial charge in [0.2, 0.25) is 0 Å². The number of allylic oxidation sites excluding steroid dienone is 3. The fourth-order valence-electron chi connectivity index (χ4n) is 8.90. The first-order chi connectivity index (χ1) is 24.1. The lowest BCUT2D eigenvalue weighted by Crippen LogP contribution is -2.38. The first-order valence-electron chi connectivity index (χ1n) is 20.2. The third-order valence-corrected chi connectivity index (χ3v) is 12.3. The molecule has 0 unspecified atom stereocenters. The molecule has 3 aliphatic carbocycles. The van der Waals surface area contributed by atoms with Crippen molar-refractivity contribution in [3.05, 3.63) is 83.6 Å². The first kappa shape index (κ1) is 36.6. The molecule has 2 aromatic rings. The van der Waals surface area contributed by atoms with Crippen LogP contribution in [0.5, 0.6) is 0 Å². The molecular formula is C45H65N5. The lowest BCUT2D eigenvalue weighted by atomic mass is 9.79. The summed E-state index contributed by atoms with van der Waals surface area (Å²) in [5.74, 6) is 3.63. The monoisotopic (exact) mass is 676 g/mol. The van der Waals surface area contributed by atoms with Crippen LogP contribution in [0.15, 0.2) is 66.1 Å². The Bertz CT molecular complexity index is 1550. The van der Waals surface area contributed by atoms with E-state index in [1.165, 1.54) is 136 Å². The number of rotatable bonds is 10. The zero-order valence-corrected chi connectivity index (χ0v) is 32.2. The molecule has 0 atom stereocenters. The van der Waals surface area contributed by atoms with Crippen LogP contribution in [0.3, 0.4) is 0 Å². The van der Waals surface area contributed by atoms with Crippen LogP contribution in [0.2, 0.25) is 0 Å². The number of nitrogens with zero attached hydrogens (tertiary/aromatic N) is 5. The van der Waals surface area contributed by atoms with Crippen LogP contribution in [-0.4, -0.2) is 40.2 Å². The van der Waals surface area contributed by atoms with Crippen LogP contribution in [0.4, 0.5) is 5.82 Å². The van der Waals surface area contributed by atoms with Gasteiger partial charge in [0.05, 0.1) is 5.70 Å². The number of hydrogen-bond acceptors (Lipinski definition) is 5. The van der Waals surface area contributed by atoms with Gasteiger partial charge in [0, 0.05) is 72.2 Å². The van der Waals surface area contributed by atoms with E-state index in [1.54, 1.807) is 0 Å². The predicted molar refractivity (Wildman–Crippen MR) is 213 cm³/mol. The normalized spacial score (nSPS) is 23.7. The average molecular weight is 676 g/mol. The van der Waals surface area contributed by atoms with E-state index in [-0.39, 0.29) is 0 Å². The Morgan fingerprint density at radius 2 is 1.68 bits per heavy atom. The summed E-state index contributed by atoms with van der Waals surface area (Å²) in [5.41, 5.74) is 10.6. The van der Waals surface area contributed by atoms with Gasteiger partial charge in [0.25, 0.3) is 0 Å². The fraction of sp³-hybridized carbons (Fsp3) is 0.622. The van der Waals surface area contributed by atoms with E-state index >= 15 is 0 Å². The minimum absolute atomic E-state index is 0.497. The Hall–Kier alpha value is -3.21. The molecule has 5 nitrogen and oxygen atoms in total. The van der Waals surface area contributed by atoms with Crippen LogP contribution >= 0.6 is 0 Å². The number of pyridine rings is 2. The number of anilines is 1. The molecule has 4 fully saturated rings. The van der Waals surface area contributed by atoms with Gasteiger partial charge >= 0.3 is 0 Å². The maximum Gasteiger partial charge on any atom is 0.133 e. The summed E-state index contributed by atoms with van der Waals surface area (Å²) in [5, 5.41) is 0. The number of likely N-dealkylation sites (tertiary alicyclic amines) is 1. The molecule has 0 N–H and O–H groups in total. The van der Waals surface area contributed by atoms with E-state index in [4.69, 9.17) is 21.5 Å². The molecule has 5 aliphatic rings. The highest BCUT2D eigenvalue weighted by atomic mass is 15.2. The minimum Gasteiger partial charge on any atom is -0.375 e. The Morgan fingerprint density at radius 1 is 0.940 bits per heavy atom. The highest BCUT2D eigenvalue weighted by molar-refractivity contribution is 5.98. The molecule has 0 amide bonds. The summed E-state index contributed by atoms with van der Waals surface area (Å²) in [6.45, 7) is 23.3. The van der Waals surface area contributed by atoms with Gasteiger partial charge in [-0.25, -0.2) is 4.98 Å². The van der Waals surface area contributed by atoms with E-state index in [1.807, 2.05) is 6.20 Å². The van der Waals surface area contributed by atoms with Gasteiger partial charge in [-0.2, -0.15) is 0 Å². The topological polar surface area (TPSA) is 44.6 Å². The standard InChI is InChI=1S/C35H46N4.C10H19N/c1-4-27-16-17-32(37-24(27)2)29-12-10-26(11-13-29)23-39(25(3)28-8-6-5-7-9-28)35-22-31(20-21-36-35)34-19-18-33(38-34)30-14-15-30;1-9(2)11-7-5-6-10(3,4)8-11/h16-17,19-22,26,28-30H,3-15,18,23H2,1-2H3;1,5-8H2,2-4H3. The van der Waals surface area contributed by atoms with Gasteiger partial charge in [0.1, 0.15) is 5.82 Å². The number of aryl methyl sites for hydroxylation is 2. The second kappa shape index (κ2) is 16.4. The highest BCUT2D eigenvalue weighted by Crippen LogP contribution is 2.40. The fourth-order valence-corrected chi connectivity index (χ4v) is 8.90. The lowest BCUT2D eigenvalue weighted by molar-refractivity contribution is 0.150. The van der Waals surface area contributed by atoms with Crippen molar-refractivity contribution >= 4 is 17.2 Å². The second-order valence-corrected chi connectivity index (χ2v) is 17.0. The van der Waals surface area contributed by atoms with E-state index in [0.717, 1.165) is 36.8 Å². The van der Waals surface area contributed by atoms with E-state index in [9.17, 15) is 0 Å².